The molecule has 0 saturated heterocycles. The number of fused-ring (bicyclic) bond motifs is 2. The molecule has 0 saturated carbocycles. The molecule has 138 valence electrons. The maximum absolute atomic E-state index is 4.26. The second-order valence-corrected chi connectivity index (χ2v) is 7.70. The normalized spacial score (nSPS) is 13.7. The Morgan fingerprint density at radius 3 is 2.52 bits per heavy atom. The first-order chi connectivity index (χ1) is 13.2. The number of allylic oxidation sites excluding steroid dienone is 3. The van der Waals surface area contributed by atoms with E-state index in [1.54, 1.807) is 0 Å². The Labute approximate surface area is 163 Å². The zero-order valence-corrected chi connectivity index (χ0v) is 16.6. The first kappa shape index (κ1) is 17.9. The third-order valence-electron chi connectivity index (χ3n) is 5.96. The van der Waals surface area contributed by atoms with Crippen molar-refractivity contribution in [2.45, 2.75) is 52.5 Å². The summed E-state index contributed by atoms with van der Waals surface area (Å²) >= 11 is 0. The predicted molar refractivity (Wildman–Crippen MR) is 118 cm³/mol. The number of unbranched alkanes of at least 4 members (excludes halogenated alkanes) is 2. The van der Waals surface area contributed by atoms with Crippen molar-refractivity contribution >= 4 is 22.0 Å². The van der Waals surface area contributed by atoms with E-state index in [9.17, 15) is 0 Å². The molecule has 0 bridgehead atoms. The van der Waals surface area contributed by atoms with Crippen LogP contribution in [0.1, 0.15) is 55.0 Å². The quantitative estimate of drug-likeness (QED) is 0.413. The van der Waals surface area contributed by atoms with Crippen LogP contribution in [0, 0.1) is 6.92 Å². The van der Waals surface area contributed by atoms with Crippen molar-refractivity contribution in [1.82, 2.24) is 4.57 Å². The van der Waals surface area contributed by atoms with Crippen molar-refractivity contribution in [3.8, 4) is 0 Å². The van der Waals surface area contributed by atoms with Gasteiger partial charge < -0.3 is 4.57 Å². The average Bonchev–Trinajstić information content (AvgIpc) is 2.96. The van der Waals surface area contributed by atoms with E-state index in [-0.39, 0.29) is 0 Å². The summed E-state index contributed by atoms with van der Waals surface area (Å²) in [5, 5.41) is 1.41. The molecule has 0 aliphatic heterocycles. The van der Waals surface area contributed by atoms with E-state index in [0.717, 1.165) is 19.4 Å². The minimum atomic E-state index is 0.959. The van der Waals surface area contributed by atoms with Gasteiger partial charge in [0.25, 0.3) is 0 Å². The highest BCUT2D eigenvalue weighted by atomic mass is 15.0. The zero-order valence-electron chi connectivity index (χ0n) is 16.6. The molecule has 1 aliphatic rings. The molecule has 1 aliphatic carbocycles. The lowest BCUT2D eigenvalue weighted by molar-refractivity contribution is 0.606. The lowest BCUT2D eigenvalue weighted by atomic mass is 9.85. The van der Waals surface area contributed by atoms with Gasteiger partial charge in [0.1, 0.15) is 0 Å². The molecule has 0 spiro atoms. The van der Waals surface area contributed by atoms with Crippen molar-refractivity contribution < 1.29 is 0 Å². The van der Waals surface area contributed by atoms with E-state index >= 15 is 0 Å². The zero-order chi connectivity index (χ0) is 18.8. The largest absolute Gasteiger partial charge is 0.345 e. The van der Waals surface area contributed by atoms with Crippen LogP contribution in [-0.2, 0) is 13.0 Å². The smallest absolute Gasteiger partial charge is 0.0485 e. The molecule has 1 heterocycles. The average molecular weight is 356 g/mol. The summed E-state index contributed by atoms with van der Waals surface area (Å²) in [6.45, 7) is 9.95. The Morgan fingerprint density at radius 2 is 1.70 bits per heavy atom. The number of hydrogen-bond acceptors (Lipinski definition) is 0. The van der Waals surface area contributed by atoms with Crippen LogP contribution < -0.4 is 0 Å². The number of hydrogen-bond donors (Lipinski definition) is 0. The summed E-state index contributed by atoms with van der Waals surface area (Å²) in [4.78, 5) is 0. The maximum atomic E-state index is 4.26. The summed E-state index contributed by atoms with van der Waals surface area (Å²) in [6, 6.07) is 17.6. The fourth-order valence-electron chi connectivity index (χ4n) is 4.43. The molecule has 0 radical (unpaired) electrons. The second kappa shape index (κ2) is 7.60. The molecule has 1 aromatic heterocycles. The first-order valence-corrected chi connectivity index (χ1v) is 10.2. The lowest BCUT2D eigenvalue weighted by Gasteiger charge is -2.20. The molecule has 2 aromatic carbocycles. The molecular formula is C26H29N. The van der Waals surface area contributed by atoms with Gasteiger partial charge in [-0.3, -0.25) is 0 Å². The highest BCUT2D eigenvalue weighted by Gasteiger charge is 2.19. The van der Waals surface area contributed by atoms with Gasteiger partial charge in [-0.15, -0.1) is 0 Å². The Balaban J connectivity index is 1.75. The van der Waals surface area contributed by atoms with Crippen molar-refractivity contribution in [2.75, 3.05) is 0 Å². The van der Waals surface area contributed by atoms with Gasteiger partial charge >= 0.3 is 0 Å². The Hall–Kier alpha value is -2.54. The van der Waals surface area contributed by atoms with E-state index in [4.69, 9.17) is 0 Å². The minimum absolute atomic E-state index is 0.959. The number of benzene rings is 2. The monoisotopic (exact) mass is 355 g/mol. The molecule has 4 rings (SSSR count). The van der Waals surface area contributed by atoms with E-state index in [1.807, 2.05) is 0 Å². The first-order valence-electron chi connectivity index (χ1n) is 10.2. The number of aromatic nitrogens is 1. The van der Waals surface area contributed by atoms with E-state index < -0.39 is 0 Å². The SMILES string of the molecule is C=C1CC=C(Cc2c(C)n(CCCCC)c3ccccc23)c2ccccc21. The molecule has 1 heteroatoms. The van der Waals surface area contributed by atoms with E-state index in [0.29, 0.717) is 0 Å². The van der Waals surface area contributed by atoms with Gasteiger partial charge in [-0.05, 0) is 53.7 Å². The molecule has 0 amide bonds. The Bertz CT molecular complexity index is 1020. The maximum Gasteiger partial charge on any atom is 0.0485 e. The van der Waals surface area contributed by atoms with Crippen LogP contribution in [-0.4, -0.2) is 4.57 Å². The molecule has 3 aromatic rings. The van der Waals surface area contributed by atoms with Gasteiger partial charge in [0, 0.05) is 29.6 Å². The molecule has 0 unspecified atom stereocenters. The van der Waals surface area contributed by atoms with Crippen molar-refractivity contribution in [2.24, 2.45) is 0 Å². The van der Waals surface area contributed by atoms with Crippen LogP contribution in [0.2, 0.25) is 0 Å². The van der Waals surface area contributed by atoms with E-state index in [1.165, 1.54) is 63.7 Å². The predicted octanol–water partition coefficient (Wildman–Crippen LogP) is 7.18. The van der Waals surface area contributed by atoms with Crippen molar-refractivity contribution in [3.63, 3.8) is 0 Å². The van der Waals surface area contributed by atoms with Crippen LogP contribution >= 0.6 is 0 Å². The number of aryl methyl sites for hydroxylation is 1. The second-order valence-electron chi connectivity index (χ2n) is 7.70. The van der Waals surface area contributed by atoms with Crippen LogP contribution in [0.15, 0.2) is 61.2 Å². The van der Waals surface area contributed by atoms with Gasteiger partial charge in [0.05, 0.1) is 0 Å². The van der Waals surface area contributed by atoms with Gasteiger partial charge in [-0.1, -0.05) is 74.9 Å². The molecule has 0 atom stereocenters. The number of para-hydroxylation sites is 1. The standard InChI is InChI=1S/C26H29N/c1-4-5-10-17-27-20(3)25(24-13-8-9-14-26(24)27)18-21-16-15-19(2)22-11-6-7-12-23(21)22/h6-9,11-14,16H,2,4-5,10,15,17-18H2,1,3H3. The fraction of sp³-hybridized carbons (Fsp3) is 0.308. The molecular weight excluding hydrogens is 326 g/mol. The summed E-state index contributed by atoms with van der Waals surface area (Å²) in [6.07, 6.45) is 8.15. The minimum Gasteiger partial charge on any atom is -0.345 e. The summed E-state index contributed by atoms with van der Waals surface area (Å²) < 4.78 is 2.54. The van der Waals surface area contributed by atoms with Gasteiger partial charge in [0.2, 0.25) is 0 Å². The lowest BCUT2D eigenvalue weighted by Crippen LogP contribution is -2.03. The van der Waals surface area contributed by atoms with Crippen molar-refractivity contribution in [1.29, 1.82) is 0 Å². The van der Waals surface area contributed by atoms with Crippen LogP contribution in [0.3, 0.4) is 0 Å². The van der Waals surface area contributed by atoms with Gasteiger partial charge in [0.15, 0.2) is 0 Å². The summed E-state index contributed by atoms with van der Waals surface area (Å²) in [5.74, 6) is 0. The summed E-state index contributed by atoms with van der Waals surface area (Å²) in [7, 11) is 0. The fourth-order valence-corrected chi connectivity index (χ4v) is 4.43. The molecule has 0 fully saturated rings. The number of rotatable bonds is 6. The molecule has 27 heavy (non-hydrogen) atoms. The highest BCUT2D eigenvalue weighted by Crippen LogP contribution is 2.37. The molecule has 1 nitrogen and oxygen atoms in total. The van der Waals surface area contributed by atoms with Crippen LogP contribution in [0.5, 0.6) is 0 Å². The third kappa shape index (κ3) is 3.27. The third-order valence-corrected chi connectivity index (χ3v) is 5.96. The van der Waals surface area contributed by atoms with Crippen LogP contribution in [0.4, 0.5) is 0 Å². The van der Waals surface area contributed by atoms with E-state index in [2.05, 4.69) is 79.6 Å². The Kier molecular flexibility index (Phi) is 5.03. The summed E-state index contributed by atoms with van der Waals surface area (Å²) in [5.41, 5.74) is 9.64. The Morgan fingerprint density at radius 1 is 0.963 bits per heavy atom. The van der Waals surface area contributed by atoms with Crippen molar-refractivity contribution in [3.05, 3.63) is 83.6 Å². The highest BCUT2D eigenvalue weighted by molar-refractivity contribution is 5.90. The topological polar surface area (TPSA) is 4.93 Å². The molecule has 0 N–H and O–H groups in total. The van der Waals surface area contributed by atoms with Gasteiger partial charge in [-0.25, -0.2) is 0 Å². The number of nitrogens with zero attached hydrogens (tertiary/aromatic N) is 1. The van der Waals surface area contributed by atoms with Crippen LogP contribution in [0.25, 0.3) is 22.0 Å². The van der Waals surface area contributed by atoms with Gasteiger partial charge in [-0.2, -0.15) is 0 Å².